The molecule has 0 saturated carbocycles. The average molecular weight is 239 g/mol. The first-order valence-corrected chi connectivity index (χ1v) is 5.01. The van der Waals surface area contributed by atoms with E-state index in [1.54, 1.807) is 6.92 Å². The van der Waals surface area contributed by atoms with Crippen LogP contribution in [0.15, 0.2) is 18.2 Å². The number of nitrogens with one attached hydrogen (secondary N) is 1. The van der Waals surface area contributed by atoms with Gasteiger partial charge in [-0.05, 0) is 18.6 Å². The van der Waals surface area contributed by atoms with Crippen LogP contribution in [0.1, 0.15) is 23.7 Å². The molecule has 6 nitrogen and oxygen atoms in total. The number of benzene rings is 1. The van der Waals surface area contributed by atoms with Gasteiger partial charge in [0.1, 0.15) is 17.5 Å². The van der Waals surface area contributed by atoms with Crippen LogP contribution in [0.2, 0.25) is 0 Å². The van der Waals surface area contributed by atoms with Gasteiger partial charge in [-0.1, -0.05) is 6.92 Å². The third kappa shape index (κ3) is 3.10. The number of aliphatic carboxylic acids is 1. The Morgan fingerprint density at radius 3 is 2.47 bits per heavy atom. The van der Waals surface area contributed by atoms with Gasteiger partial charge >= 0.3 is 5.97 Å². The van der Waals surface area contributed by atoms with E-state index in [0.717, 1.165) is 6.07 Å². The maximum absolute atomic E-state index is 11.6. The average Bonchev–Trinajstić information content (AvgIpc) is 2.24. The summed E-state index contributed by atoms with van der Waals surface area (Å²) in [6.45, 7) is 1.62. The number of phenolic OH excluding ortho intramolecular Hbond substituents is 2. The lowest BCUT2D eigenvalue weighted by Gasteiger charge is -2.12. The number of hydrogen-bond donors (Lipinski definition) is 4. The highest BCUT2D eigenvalue weighted by molar-refractivity contribution is 5.98. The summed E-state index contributed by atoms with van der Waals surface area (Å²) in [5, 5.41) is 29.5. The van der Waals surface area contributed by atoms with Crippen molar-refractivity contribution in [3.05, 3.63) is 23.8 Å². The number of carbonyl (C=O) groups excluding carboxylic acids is 1. The summed E-state index contributed by atoms with van der Waals surface area (Å²) in [4.78, 5) is 22.4. The maximum Gasteiger partial charge on any atom is 0.326 e. The van der Waals surface area contributed by atoms with Crippen LogP contribution in [0.5, 0.6) is 11.5 Å². The number of carbonyl (C=O) groups is 2. The highest BCUT2D eigenvalue weighted by atomic mass is 16.4. The zero-order valence-corrected chi connectivity index (χ0v) is 9.17. The number of rotatable bonds is 4. The third-order valence-electron chi connectivity index (χ3n) is 2.24. The molecule has 0 spiro atoms. The number of phenols is 2. The first-order valence-electron chi connectivity index (χ1n) is 5.01. The minimum atomic E-state index is -1.14. The van der Waals surface area contributed by atoms with E-state index in [-0.39, 0.29) is 17.7 Å². The minimum absolute atomic E-state index is 0.0810. The van der Waals surface area contributed by atoms with Crippen LogP contribution in [0.25, 0.3) is 0 Å². The summed E-state index contributed by atoms with van der Waals surface area (Å²) in [5.74, 6) is -2.41. The van der Waals surface area contributed by atoms with Gasteiger partial charge in [0.05, 0.1) is 5.56 Å². The van der Waals surface area contributed by atoms with Crippen molar-refractivity contribution in [2.45, 2.75) is 19.4 Å². The Morgan fingerprint density at radius 1 is 1.35 bits per heavy atom. The standard InChI is InChI=1S/C11H13NO5/c1-2-8(11(16)17)12-10(15)7-4-3-6(13)5-9(7)14/h3-5,8,13-14H,2H2,1H3,(H,12,15)(H,16,17)/t8-/m1/s1. The second-order valence-corrected chi connectivity index (χ2v) is 3.47. The Labute approximate surface area is 97.5 Å². The Bertz CT molecular complexity index is 443. The summed E-state index contributed by atoms with van der Waals surface area (Å²) in [7, 11) is 0. The van der Waals surface area contributed by atoms with E-state index in [9.17, 15) is 14.7 Å². The SMILES string of the molecule is CC[C@@H](NC(=O)c1ccc(O)cc1O)C(=O)O. The minimum Gasteiger partial charge on any atom is -0.508 e. The molecule has 92 valence electrons. The topological polar surface area (TPSA) is 107 Å². The number of hydrogen-bond acceptors (Lipinski definition) is 4. The second kappa shape index (κ2) is 5.20. The van der Waals surface area contributed by atoms with Crippen LogP contribution in [-0.4, -0.2) is 33.2 Å². The van der Waals surface area contributed by atoms with Gasteiger partial charge in [-0.3, -0.25) is 4.79 Å². The first kappa shape index (κ1) is 12.8. The fraction of sp³-hybridized carbons (Fsp3) is 0.273. The third-order valence-corrected chi connectivity index (χ3v) is 2.24. The quantitative estimate of drug-likeness (QED) is 0.618. The maximum atomic E-state index is 11.6. The summed E-state index contributed by atoms with van der Waals surface area (Å²) in [6.07, 6.45) is 0.236. The van der Waals surface area contributed by atoms with Crippen molar-refractivity contribution >= 4 is 11.9 Å². The molecule has 6 heteroatoms. The van der Waals surface area contributed by atoms with Gasteiger partial charge < -0.3 is 20.6 Å². The fourth-order valence-electron chi connectivity index (χ4n) is 1.29. The molecule has 0 saturated heterocycles. The Morgan fingerprint density at radius 2 is 2.00 bits per heavy atom. The van der Waals surface area contributed by atoms with Crippen LogP contribution < -0.4 is 5.32 Å². The van der Waals surface area contributed by atoms with Crippen LogP contribution >= 0.6 is 0 Å². The predicted molar refractivity (Wildman–Crippen MR) is 59.0 cm³/mol. The van der Waals surface area contributed by atoms with Gasteiger partial charge in [0.25, 0.3) is 5.91 Å². The Hall–Kier alpha value is -2.24. The molecule has 0 heterocycles. The molecule has 1 rings (SSSR count). The van der Waals surface area contributed by atoms with Gasteiger partial charge in [0.2, 0.25) is 0 Å². The molecular weight excluding hydrogens is 226 g/mol. The summed E-state index contributed by atoms with van der Waals surface area (Å²) < 4.78 is 0. The molecule has 0 bridgehead atoms. The molecule has 0 aliphatic rings. The van der Waals surface area contributed by atoms with Crippen LogP contribution in [0, 0.1) is 0 Å². The highest BCUT2D eigenvalue weighted by Gasteiger charge is 2.20. The van der Waals surface area contributed by atoms with Gasteiger partial charge in [-0.15, -0.1) is 0 Å². The van der Waals surface area contributed by atoms with Crippen LogP contribution in [-0.2, 0) is 4.79 Å². The molecule has 0 radical (unpaired) electrons. The molecule has 1 atom stereocenters. The van der Waals surface area contributed by atoms with Gasteiger partial charge in [-0.25, -0.2) is 4.79 Å². The zero-order valence-electron chi connectivity index (χ0n) is 9.17. The number of amides is 1. The smallest absolute Gasteiger partial charge is 0.326 e. The molecule has 1 aromatic rings. The molecule has 1 aromatic carbocycles. The Balaban J connectivity index is 2.86. The molecule has 0 unspecified atom stereocenters. The zero-order chi connectivity index (χ0) is 13.0. The molecule has 1 amide bonds. The van der Waals surface area contributed by atoms with Crippen molar-refractivity contribution in [3.8, 4) is 11.5 Å². The van der Waals surface area contributed by atoms with Crippen molar-refractivity contribution in [3.63, 3.8) is 0 Å². The number of carboxylic acids is 1. The lowest BCUT2D eigenvalue weighted by Crippen LogP contribution is -2.40. The van der Waals surface area contributed by atoms with Crippen LogP contribution in [0.4, 0.5) is 0 Å². The van der Waals surface area contributed by atoms with Gasteiger partial charge in [0.15, 0.2) is 0 Å². The van der Waals surface area contributed by atoms with Gasteiger partial charge in [-0.2, -0.15) is 0 Å². The highest BCUT2D eigenvalue weighted by Crippen LogP contribution is 2.22. The fourth-order valence-corrected chi connectivity index (χ4v) is 1.29. The molecule has 0 fully saturated rings. The van der Waals surface area contributed by atoms with E-state index < -0.39 is 23.7 Å². The van der Waals surface area contributed by atoms with E-state index in [1.807, 2.05) is 0 Å². The van der Waals surface area contributed by atoms with Crippen LogP contribution in [0.3, 0.4) is 0 Å². The van der Waals surface area contributed by atoms with Crippen molar-refractivity contribution in [2.75, 3.05) is 0 Å². The molecule has 4 N–H and O–H groups in total. The normalized spacial score (nSPS) is 11.8. The largest absolute Gasteiger partial charge is 0.508 e. The molecule has 0 aliphatic heterocycles. The van der Waals surface area contributed by atoms with E-state index in [2.05, 4.69) is 5.32 Å². The van der Waals surface area contributed by atoms with Crippen molar-refractivity contribution in [1.82, 2.24) is 5.32 Å². The van der Waals surface area contributed by atoms with Crippen molar-refractivity contribution < 1.29 is 24.9 Å². The number of carboxylic acid groups (broad SMARTS) is 1. The summed E-state index contributed by atoms with van der Waals surface area (Å²) >= 11 is 0. The predicted octanol–water partition coefficient (Wildman–Crippen LogP) is 0.691. The van der Waals surface area contributed by atoms with E-state index >= 15 is 0 Å². The number of aromatic hydroxyl groups is 2. The molecule has 17 heavy (non-hydrogen) atoms. The van der Waals surface area contributed by atoms with Crippen molar-refractivity contribution in [1.29, 1.82) is 0 Å². The molecule has 0 aromatic heterocycles. The summed E-state index contributed by atoms with van der Waals surface area (Å²) in [6, 6.07) is 2.46. The lowest BCUT2D eigenvalue weighted by molar-refractivity contribution is -0.139. The first-order chi connectivity index (χ1) is 7.95. The molecule has 0 aliphatic carbocycles. The Kier molecular flexibility index (Phi) is 3.92. The summed E-state index contributed by atoms with van der Waals surface area (Å²) in [5.41, 5.74) is -0.0810. The lowest BCUT2D eigenvalue weighted by atomic mass is 10.1. The van der Waals surface area contributed by atoms with E-state index in [4.69, 9.17) is 10.2 Å². The molecular formula is C11H13NO5. The van der Waals surface area contributed by atoms with Gasteiger partial charge in [0, 0.05) is 6.07 Å². The van der Waals surface area contributed by atoms with E-state index in [0.29, 0.717) is 0 Å². The second-order valence-electron chi connectivity index (χ2n) is 3.47. The van der Waals surface area contributed by atoms with E-state index in [1.165, 1.54) is 12.1 Å². The monoisotopic (exact) mass is 239 g/mol. The van der Waals surface area contributed by atoms with Crippen molar-refractivity contribution in [2.24, 2.45) is 0 Å².